The summed E-state index contributed by atoms with van der Waals surface area (Å²) in [6.45, 7) is 10.5. The van der Waals surface area contributed by atoms with Crippen molar-refractivity contribution in [3.63, 3.8) is 0 Å². The molecule has 0 atom stereocenters. The van der Waals surface area contributed by atoms with Crippen LogP contribution in [0.25, 0.3) is 0 Å². The SMILES string of the molecule is Cc1ccccc1CC(=O)NCC(C)(C)N1CCOCC1. The lowest BCUT2D eigenvalue weighted by Gasteiger charge is -2.40. The standard InChI is InChI=1S/C17H26N2O2/c1-14-6-4-5-7-15(14)12-16(20)18-13-17(2,3)19-8-10-21-11-9-19/h4-7H,8-13H2,1-3H3,(H,18,20). The summed E-state index contributed by atoms with van der Waals surface area (Å²) in [4.78, 5) is 14.5. The highest BCUT2D eigenvalue weighted by atomic mass is 16.5. The van der Waals surface area contributed by atoms with Crippen molar-refractivity contribution >= 4 is 5.91 Å². The number of carbonyl (C=O) groups excluding carboxylic acids is 1. The fourth-order valence-electron chi connectivity index (χ4n) is 2.64. The van der Waals surface area contributed by atoms with E-state index in [0.29, 0.717) is 13.0 Å². The lowest BCUT2D eigenvalue weighted by Crippen LogP contribution is -2.55. The summed E-state index contributed by atoms with van der Waals surface area (Å²) < 4.78 is 5.38. The first-order valence-electron chi connectivity index (χ1n) is 7.63. The van der Waals surface area contributed by atoms with Crippen molar-refractivity contribution in [2.24, 2.45) is 0 Å². The minimum atomic E-state index is -0.0365. The number of aryl methyl sites for hydroxylation is 1. The number of hydrogen-bond acceptors (Lipinski definition) is 3. The van der Waals surface area contributed by atoms with Gasteiger partial charge in [-0.25, -0.2) is 0 Å². The van der Waals surface area contributed by atoms with Crippen molar-refractivity contribution < 1.29 is 9.53 Å². The number of rotatable bonds is 5. The summed E-state index contributed by atoms with van der Waals surface area (Å²) in [6, 6.07) is 8.04. The van der Waals surface area contributed by atoms with Crippen LogP contribution in [-0.2, 0) is 16.0 Å². The largest absolute Gasteiger partial charge is 0.379 e. The minimum absolute atomic E-state index is 0.0365. The van der Waals surface area contributed by atoms with E-state index in [0.717, 1.165) is 31.9 Å². The van der Waals surface area contributed by atoms with E-state index in [2.05, 4.69) is 24.1 Å². The average molecular weight is 290 g/mol. The Bertz CT molecular complexity index is 479. The Hall–Kier alpha value is -1.39. The highest BCUT2D eigenvalue weighted by molar-refractivity contribution is 5.79. The van der Waals surface area contributed by atoms with Gasteiger partial charge in [0.05, 0.1) is 19.6 Å². The quantitative estimate of drug-likeness (QED) is 0.898. The summed E-state index contributed by atoms with van der Waals surface area (Å²) >= 11 is 0. The van der Waals surface area contributed by atoms with E-state index in [1.54, 1.807) is 0 Å². The van der Waals surface area contributed by atoms with Crippen LogP contribution in [-0.4, -0.2) is 49.2 Å². The van der Waals surface area contributed by atoms with Gasteiger partial charge in [-0.3, -0.25) is 9.69 Å². The number of amides is 1. The second-order valence-electron chi connectivity index (χ2n) is 6.29. The van der Waals surface area contributed by atoms with Gasteiger partial charge in [0.2, 0.25) is 5.91 Å². The molecule has 0 spiro atoms. The Morgan fingerprint density at radius 2 is 1.95 bits per heavy atom. The molecule has 4 nitrogen and oxygen atoms in total. The third-order valence-corrected chi connectivity index (χ3v) is 4.20. The Kier molecular flexibility index (Phi) is 5.37. The fraction of sp³-hybridized carbons (Fsp3) is 0.588. The highest BCUT2D eigenvalue weighted by Gasteiger charge is 2.28. The Labute approximate surface area is 127 Å². The predicted octanol–water partition coefficient (Wildman–Crippen LogP) is 1.76. The molecule has 1 aromatic carbocycles. The van der Waals surface area contributed by atoms with Crippen molar-refractivity contribution in [3.05, 3.63) is 35.4 Å². The van der Waals surface area contributed by atoms with E-state index in [9.17, 15) is 4.79 Å². The molecule has 1 aliphatic heterocycles. The van der Waals surface area contributed by atoms with Crippen LogP contribution in [0.1, 0.15) is 25.0 Å². The maximum atomic E-state index is 12.1. The molecule has 4 heteroatoms. The zero-order chi connectivity index (χ0) is 15.3. The smallest absolute Gasteiger partial charge is 0.224 e. The molecule has 116 valence electrons. The predicted molar refractivity (Wildman–Crippen MR) is 84.4 cm³/mol. The Balaban J connectivity index is 1.84. The van der Waals surface area contributed by atoms with Gasteiger partial charge in [-0.15, -0.1) is 0 Å². The zero-order valence-corrected chi connectivity index (χ0v) is 13.3. The van der Waals surface area contributed by atoms with Crippen LogP contribution in [0.15, 0.2) is 24.3 Å². The monoisotopic (exact) mass is 290 g/mol. The third-order valence-electron chi connectivity index (χ3n) is 4.20. The molecule has 0 unspecified atom stereocenters. The first-order valence-corrected chi connectivity index (χ1v) is 7.63. The van der Waals surface area contributed by atoms with Gasteiger partial charge >= 0.3 is 0 Å². The second kappa shape index (κ2) is 7.05. The molecule has 1 heterocycles. The topological polar surface area (TPSA) is 41.6 Å². The van der Waals surface area contributed by atoms with E-state index < -0.39 is 0 Å². The minimum Gasteiger partial charge on any atom is -0.379 e. The van der Waals surface area contributed by atoms with Gasteiger partial charge in [-0.1, -0.05) is 24.3 Å². The molecule has 1 fully saturated rings. The number of nitrogens with one attached hydrogen (secondary N) is 1. The number of nitrogens with zero attached hydrogens (tertiary/aromatic N) is 1. The van der Waals surface area contributed by atoms with Gasteiger partial charge in [0.15, 0.2) is 0 Å². The van der Waals surface area contributed by atoms with E-state index in [1.807, 2.05) is 31.2 Å². The molecule has 0 saturated carbocycles. The molecular formula is C17H26N2O2. The summed E-state index contributed by atoms with van der Waals surface area (Å²) in [5.74, 6) is 0.0886. The molecule has 1 aliphatic rings. The number of ether oxygens (including phenoxy) is 1. The summed E-state index contributed by atoms with van der Waals surface area (Å²) in [7, 11) is 0. The van der Waals surface area contributed by atoms with Gasteiger partial charge < -0.3 is 10.1 Å². The van der Waals surface area contributed by atoms with Crippen LogP contribution < -0.4 is 5.32 Å². The maximum Gasteiger partial charge on any atom is 0.224 e. The molecule has 1 amide bonds. The Morgan fingerprint density at radius 3 is 2.62 bits per heavy atom. The lowest BCUT2D eigenvalue weighted by atomic mass is 10.0. The molecule has 1 N–H and O–H groups in total. The van der Waals surface area contributed by atoms with Gasteiger partial charge in [-0.2, -0.15) is 0 Å². The fourth-order valence-corrected chi connectivity index (χ4v) is 2.64. The maximum absolute atomic E-state index is 12.1. The zero-order valence-electron chi connectivity index (χ0n) is 13.3. The van der Waals surface area contributed by atoms with Crippen LogP contribution in [0.2, 0.25) is 0 Å². The molecule has 0 radical (unpaired) electrons. The number of hydrogen-bond donors (Lipinski definition) is 1. The molecule has 1 aromatic rings. The van der Waals surface area contributed by atoms with Gasteiger partial charge in [-0.05, 0) is 31.9 Å². The van der Waals surface area contributed by atoms with Crippen molar-refractivity contribution in [2.45, 2.75) is 32.7 Å². The van der Waals surface area contributed by atoms with E-state index in [4.69, 9.17) is 4.74 Å². The molecule has 0 bridgehead atoms. The van der Waals surface area contributed by atoms with E-state index >= 15 is 0 Å². The highest BCUT2D eigenvalue weighted by Crippen LogP contribution is 2.15. The summed E-state index contributed by atoms with van der Waals surface area (Å²) in [5.41, 5.74) is 2.23. The third kappa shape index (κ3) is 4.55. The number of benzene rings is 1. The number of morpholine rings is 1. The first-order chi connectivity index (χ1) is 9.99. The molecule has 0 aliphatic carbocycles. The van der Waals surface area contributed by atoms with Gasteiger partial charge in [0, 0.05) is 25.2 Å². The van der Waals surface area contributed by atoms with Crippen LogP contribution in [0.5, 0.6) is 0 Å². The Morgan fingerprint density at radius 1 is 1.29 bits per heavy atom. The van der Waals surface area contributed by atoms with Crippen molar-refractivity contribution in [1.82, 2.24) is 10.2 Å². The molecular weight excluding hydrogens is 264 g/mol. The van der Waals surface area contributed by atoms with Crippen LogP contribution >= 0.6 is 0 Å². The number of carbonyl (C=O) groups is 1. The molecule has 0 aromatic heterocycles. The average Bonchev–Trinajstić information content (AvgIpc) is 2.49. The van der Waals surface area contributed by atoms with E-state index in [-0.39, 0.29) is 11.4 Å². The van der Waals surface area contributed by atoms with Gasteiger partial charge in [0.1, 0.15) is 0 Å². The van der Waals surface area contributed by atoms with Gasteiger partial charge in [0.25, 0.3) is 0 Å². The summed E-state index contributed by atoms with van der Waals surface area (Å²) in [5, 5.41) is 3.07. The first kappa shape index (κ1) is 16.0. The van der Waals surface area contributed by atoms with Crippen molar-refractivity contribution in [2.75, 3.05) is 32.8 Å². The van der Waals surface area contributed by atoms with Crippen LogP contribution in [0, 0.1) is 6.92 Å². The molecule has 21 heavy (non-hydrogen) atoms. The van der Waals surface area contributed by atoms with Crippen molar-refractivity contribution in [3.8, 4) is 0 Å². The summed E-state index contributed by atoms with van der Waals surface area (Å²) in [6.07, 6.45) is 0.450. The van der Waals surface area contributed by atoms with E-state index in [1.165, 1.54) is 5.56 Å². The van der Waals surface area contributed by atoms with Crippen molar-refractivity contribution in [1.29, 1.82) is 0 Å². The molecule has 2 rings (SSSR count). The normalized spacial score (nSPS) is 16.7. The van der Waals surface area contributed by atoms with Crippen LogP contribution in [0.4, 0.5) is 0 Å². The molecule has 1 saturated heterocycles. The van der Waals surface area contributed by atoms with Crippen LogP contribution in [0.3, 0.4) is 0 Å². The second-order valence-corrected chi connectivity index (χ2v) is 6.29. The lowest BCUT2D eigenvalue weighted by molar-refractivity contribution is -0.121.